The molecule has 0 aromatic carbocycles. The van der Waals surface area contributed by atoms with Crippen LogP contribution in [-0.4, -0.2) is 242 Å². The zero-order valence-corrected chi connectivity index (χ0v) is 31.4. The van der Waals surface area contributed by atoms with E-state index < -0.39 is 179 Å². The van der Waals surface area contributed by atoms with Gasteiger partial charge in [-0.05, 0) is 0 Å². The normalized spacial score (nSPS) is 43.2. The summed E-state index contributed by atoms with van der Waals surface area (Å²) in [5.74, 6) is -6.73. The van der Waals surface area contributed by atoms with Gasteiger partial charge in [-0.15, -0.1) is 0 Å². The molecule has 0 aromatic heterocycles. The summed E-state index contributed by atoms with van der Waals surface area (Å²) < 4.78 is 147. The lowest BCUT2D eigenvalue weighted by Crippen LogP contribution is -2.69. The van der Waals surface area contributed by atoms with E-state index in [2.05, 4.69) is 12.5 Å². The van der Waals surface area contributed by atoms with Gasteiger partial charge in [0.05, 0.1) is 6.61 Å². The summed E-state index contributed by atoms with van der Waals surface area (Å²) in [6.07, 6.45) is -52.6. The number of hydrogen-bond donors (Lipinski definition) is 14. The van der Waals surface area contributed by atoms with Crippen molar-refractivity contribution in [3.05, 3.63) is 0 Å². The molecule has 0 bridgehead atoms. The molecule has 0 unspecified atom stereocenters. The first-order chi connectivity index (χ1) is 27.5. The SMILES string of the molecule is O=C(O)[C@H]1O[C@@H](O[C@H]2[C@H](OS(=O)(=O)O)[C@@H](O)[C@H](O[C@H]3[C@H](OS(=O)(=O)O)[C@@H](O)[C@H](O[C@H]4[C@H](O)[C@@H](O)[C@H](O)O[C@@H]4CO)O[C@@H]3C(=O)O)O[C@@H]2C(=O)O)[C@H](O)[C@@H](OS(=O)(=O)O)[C@@H]1O. The van der Waals surface area contributed by atoms with E-state index in [-0.39, 0.29) is 0 Å². The quantitative estimate of drug-likeness (QED) is 0.0639. The number of carboxylic acids is 3. The van der Waals surface area contributed by atoms with Crippen LogP contribution in [0, 0.1) is 0 Å². The summed E-state index contributed by atoms with van der Waals surface area (Å²) in [7, 11) is -17.5. The fourth-order valence-corrected chi connectivity index (χ4v) is 7.69. The van der Waals surface area contributed by atoms with E-state index >= 15 is 0 Å². The molecule has 14 N–H and O–H groups in total. The molecule has 4 saturated heterocycles. The molecule has 4 aliphatic rings. The number of aliphatic carboxylic acids is 3. The Morgan fingerprint density at radius 2 is 0.767 bits per heavy atom. The number of carboxylic acid groups (broad SMARTS) is 3. The summed E-state index contributed by atoms with van der Waals surface area (Å²) in [4.78, 5) is 36.7. The molecule has 60 heavy (non-hydrogen) atoms. The summed E-state index contributed by atoms with van der Waals surface area (Å²) in [5.41, 5.74) is 0. The van der Waals surface area contributed by atoms with Crippen LogP contribution in [-0.2, 0) is 91.3 Å². The number of ether oxygens (including phenoxy) is 7. The fourth-order valence-electron chi connectivity index (χ4n) is 6.18. The minimum absolute atomic E-state index is 1.11. The van der Waals surface area contributed by atoms with Gasteiger partial charge in [-0.25, -0.2) is 26.9 Å². The molecule has 0 aliphatic carbocycles. The zero-order chi connectivity index (χ0) is 45.6. The maximum absolute atomic E-state index is 12.5. The van der Waals surface area contributed by atoms with Gasteiger partial charge in [-0.3, -0.25) is 13.7 Å². The Kier molecular flexibility index (Phi) is 15.9. The van der Waals surface area contributed by atoms with Crippen LogP contribution in [0.3, 0.4) is 0 Å². The van der Waals surface area contributed by atoms with Crippen LogP contribution in [0.15, 0.2) is 0 Å². The second-order valence-corrected chi connectivity index (χ2v) is 15.9. The van der Waals surface area contributed by atoms with E-state index in [1.54, 1.807) is 0 Å². The molecule has 0 aromatic rings. The Balaban J connectivity index is 1.72. The summed E-state index contributed by atoms with van der Waals surface area (Å²) >= 11 is 0. The van der Waals surface area contributed by atoms with Gasteiger partial charge in [-0.1, -0.05) is 0 Å². The van der Waals surface area contributed by atoms with Gasteiger partial charge < -0.3 is 89.3 Å². The molecule has 4 fully saturated rings. The predicted octanol–water partition coefficient (Wildman–Crippen LogP) is -9.99. The molecule has 36 heteroatoms. The average Bonchev–Trinajstić information content (AvgIpc) is 3.10. The van der Waals surface area contributed by atoms with Gasteiger partial charge in [-0.2, -0.15) is 25.3 Å². The van der Waals surface area contributed by atoms with Gasteiger partial charge in [0, 0.05) is 0 Å². The first-order valence-corrected chi connectivity index (χ1v) is 20.2. The van der Waals surface area contributed by atoms with Crippen LogP contribution in [0.1, 0.15) is 0 Å². The van der Waals surface area contributed by atoms with Gasteiger partial charge >= 0.3 is 49.1 Å². The first kappa shape index (κ1) is 50.1. The highest BCUT2D eigenvalue weighted by atomic mass is 32.3. The van der Waals surface area contributed by atoms with Crippen molar-refractivity contribution >= 4 is 49.1 Å². The van der Waals surface area contributed by atoms with E-state index in [1.165, 1.54) is 0 Å². The third-order valence-electron chi connectivity index (χ3n) is 8.72. The molecular formula is C24H36O33S3. The summed E-state index contributed by atoms with van der Waals surface area (Å²) in [5, 5.41) is 112. The van der Waals surface area contributed by atoms with Crippen molar-refractivity contribution < 1.29 is 155 Å². The van der Waals surface area contributed by atoms with E-state index in [0.29, 0.717) is 0 Å². The Hall–Kier alpha value is -2.58. The summed E-state index contributed by atoms with van der Waals surface area (Å²) in [6.45, 7) is -1.11. The highest BCUT2D eigenvalue weighted by Crippen LogP contribution is 2.37. The Bertz CT molecular complexity index is 1870. The molecule has 0 spiro atoms. The van der Waals surface area contributed by atoms with E-state index in [0.717, 1.165) is 0 Å². The van der Waals surface area contributed by atoms with Crippen LogP contribution in [0.25, 0.3) is 0 Å². The van der Waals surface area contributed by atoms with Crippen molar-refractivity contribution in [1.82, 2.24) is 0 Å². The van der Waals surface area contributed by atoms with Crippen molar-refractivity contribution in [3.63, 3.8) is 0 Å². The number of rotatable bonds is 16. The predicted molar refractivity (Wildman–Crippen MR) is 167 cm³/mol. The van der Waals surface area contributed by atoms with Crippen LogP contribution >= 0.6 is 0 Å². The second-order valence-electron chi connectivity index (χ2n) is 12.7. The largest absolute Gasteiger partial charge is 0.479 e. The maximum atomic E-state index is 12.5. The van der Waals surface area contributed by atoms with Crippen molar-refractivity contribution in [2.45, 2.75) is 123 Å². The standard InChI is InChI=1S/C24H36O33S3/c25-1-2-9(3(26)4(27)21(38)48-2)49-23-7(30)11(56-59(42,43)44)15(16(53-23)19(34)35)52-24-8(31)12(57-60(45,46)47)14(17(54-24)20(36)37)51-22-6(29)10(55-58(39,40)41)5(28)13(50-22)18(32)33/h2-17,21-31,38H,1H2,(H,32,33)(H,34,35)(H,36,37)(H,39,40,41)(H,42,43,44)(H,45,46,47)/t2-,3-,4-,5+,6-,7-,8-,9-,10+,11-,12-,13+,14+,15+,16+,17+,21-,22+,23-,24-/m1/s1. The van der Waals surface area contributed by atoms with Gasteiger partial charge in [0.2, 0.25) is 0 Å². The molecule has 0 saturated carbocycles. The van der Waals surface area contributed by atoms with Crippen molar-refractivity contribution in [2.75, 3.05) is 6.61 Å². The molecule has 4 rings (SSSR count). The first-order valence-electron chi connectivity index (χ1n) is 16.1. The second kappa shape index (κ2) is 19.0. The Morgan fingerprint density at radius 1 is 0.433 bits per heavy atom. The number of aliphatic hydroxyl groups excluding tert-OH is 8. The minimum atomic E-state index is -5.94. The average molecular weight is 949 g/mol. The molecular weight excluding hydrogens is 912 g/mol. The lowest BCUT2D eigenvalue weighted by molar-refractivity contribution is -0.376. The van der Waals surface area contributed by atoms with Crippen molar-refractivity contribution in [1.29, 1.82) is 0 Å². The number of hydrogen-bond acceptors (Lipinski definition) is 27. The topological polar surface area (TPSA) is 529 Å². The lowest BCUT2D eigenvalue weighted by atomic mass is 9.95. The van der Waals surface area contributed by atoms with Gasteiger partial charge in [0.25, 0.3) is 0 Å². The molecule has 348 valence electrons. The van der Waals surface area contributed by atoms with Gasteiger partial charge in [0.1, 0.15) is 79.4 Å². The van der Waals surface area contributed by atoms with Crippen LogP contribution in [0.2, 0.25) is 0 Å². The van der Waals surface area contributed by atoms with E-state index in [4.69, 9.17) is 37.7 Å². The monoisotopic (exact) mass is 948 g/mol. The number of aliphatic hydroxyl groups is 8. The van der Waals surface area contributed by atoms with Crippen LogP contribution in [0.5, 0.6) is 0 Å². The molecule has 33 nitrogen and oxygen atoms in total. The number of carbonyl (C=O) groups is 3. The van der Waals surface area contributed by atoms with Crippen LogP contribution < -0.4 is 0 Å². The lowest BCUT2D eigenvalue weighted by Gasteiger charge is -2.48. The summed E-state index contributed by atoms with van der Waals surface area (Å²) in [6, 6.07) is 0. The molecule has 20 atom stereocenters. The highest BCUT2D eigenvalue weighted by Gasteiger charge is 2.60. The van der Waals surface area contributed by atoms with Crippen molar-refractivity contribution in [3.8, 4) is 0 Å². The molecule has 4 heterocycles. The molecule has 0 radical (unpaired) electrons. The molecule has 4 aliphatic heterocycles. The maximum Gasteiger partial charge on any atom is 0.397 e. The fraction of sp³-hybridized carbons (Fsp3) is 0.875. The highest BCUT2D eigenvalue weighted by molar-refractivity contribution is 7.81. The Labute approximate surface area is 333 Å². The van der Waals surface area contributed by atoms with Crippen LogP contribution in [0.4, 0.5) is 0 Å². The smallest absolute Gasteiger partial charge is 0.397 e. The zero-order valence-electron chi connectivity index (χ0n) is 29.0. The minimum Gasteiger partial charge on any atom is -0.479 e. The third kappa shape index (κ3) is 11.7. The third-order valence-corrected chi connectivity index (χ3v) is 10.1. The van der Waals surface area contributed by atoms with E-state index in [1.807, 2.05) is 0 Å². The molecule has 0 amide bonds. The Morgan fingerprint density at radius 3 is 1.12 bits per heavy atom. The van der Waals surface area contributed by atoms with Gasteiger partial charge in [0.15, 0.2) is 43.5 Å². The van der Waals surface area contributed by atoms with E-state index in [9.17, 15) is 105 Å². The van der Waals surface area contributed by atoms with Crippen molar-refractivity contribution in [2.24, 2.45) is 0 Å².